The molecule has 1 aromatic heterocycles. The van der Waals surface area contributed by atoms with Crippen LogP contribution in [0.5, 0.6) is 0 Å². The molecule has 1 saturated carbocycles. The van der Waals surface area contributed by atoms with Crippen molar-refractivity contribution >= 4 is 16.9 Å². The van der Waals surface area contributed by atoms with E-state index in [9.17, 15) is 9.18 Å². The monoisotopic (exact) mass is 388 g/mol. The number of nitrogens with zero attached hydrogens (tertiary/aromatic N) is 3. The van der Waals surface area contributed by atoms with Gasteiger partial charge >= 0.3 is 0 Å². The first-order valence-corrected chi connectivity index (χ1v) is 10.0. The zero-order valence-corrected chi connectivity index (χ0v) is 15.8. The first-order valence-electron chi connectivity index (χ1n) is 10.0. The average molecular weight is 388 g/mol. The number of H-pyrrole nitrogens is 1. The maximum atomic E-state index is 13.3. The van der Waals surface area contributed by atoms with Gasteiger partial charge in [0.05, 0.1) is 30.3 Å². The summed E-state index contributed by atoms with van der Waals surface area (Å²) in [7, 11) is 0. The molecule has 3 fully saturated rings. The Morgan fingerprint density at radius 2 is 2.21 bits per heavy atom. The number of nitrogens with one attached hydrogen (secondary N) is 1. The number of benzene rings is 1. The van der Waals surface area contributed by atoms with E-state index in [2.05, 4.69) is 14.9 Å². The second-order valence-corrected chi connectivity index (χ2v) is 8.01. The Kier molecular flexibility index (Phi) is 4.78. The minimum atomic E-state index is -0.312. The van der Waals surface area contributed by atoms with Crippen molar-refractivity contribution in [2.24, 2.45) is 5.92 Å². The number of aromatic amines is 1. The lowest BCUT2D eigenvalue weighted by Gasteiger charge is -2.48. The van der Waals surface area contributed by atoms with E-state index >= 15 is 0 Å². The zero-order chi connectivity index (χ0) is 19.1. The molecule has 0 spiro atoms. The van der Waals surface area contributed by atoms with Gasteiger partial charge in [0, 0.05) is 25.7 Å². The number of amides is 1. The number of piperazine rings is 1. The van der Waals surface area contributed by atoms with E-state index in [0.29, 0.717) is 42.1 Å². The molecule has 2 atom stereocenters. The third-order valence-corrected chi connectivity index (χ3v) is 6.03. The molecule has 1 amide bonds. The van der Waals surface area contributed by atoms with Gasteiger partial charge in [-0.3, -0.25) is 9.69 Å². The lowest BCUT2D eigenvalue weighted by molar-refractivity contribution is -0.145. The summed E-state index contributed by atoms with van der Waals surface area (Å²) in [6, 6.07) is 5.22. The van der Waals surface area contributed by atoms with Crippen LogP contribution in [-0.4, -0.2) is 77.2 Å². The molecule has 5 rings (SSSR count). The van der Waals surface area contributed by atoms with Crippen LogP contribution in [0.3, 0.4) is 0 Å². The number of rotatable bonds is 5. The van der Waals surface area contributed by atoms with Gasteiger partial charge in [-0.2, -0.15) is 0 Å². The fraction of sp³-hybridized carbons (Fsp3) is 0.600. The molecule has 1 aliphatic carbocycles. The molecule has 2 saturated heterocycles. The summed E-state index contributed by atoms with van der Waals surface area (Å²) < 4.78 is 24.6. The molecule has 150 valence electrons. The molecule has 0 radical (unpaired) electrons. The SMILES string of the molecule is O=C(COCc1nc2ccc(F)cc2[nH]1)N1CCN2[C@@H](COC[C@@H]2C2CC2)C1. The summed E-state index contributed by atoms with van der Waals surface area (Å²) in [6.07, 6.45) is 2.62. The Hall–Kier alpha value is -2.03. The standard InChI is InChI=1S/C20H25FN4O3/c21-14-3-4-16-17(7-14)23-19(22-16)11-28-12-20(26)24-5-6-25-15(8-24)9-27-10-18(25)13-1-2-13/h3-4,7,13,15,18H,1-2,5-6,8-12H2,(H,22,23)/t15-,18-/m1/s1. The van der Waals surface area contributed by atoms with Crippen LogP contribution in [0, 0.1) is 11.7 Å². The molecule has 0 bridgehead atoms. The van der Waals surface area contributed by atoms with Crippen molar-refractivity contribution in [1.29, 1.82) is 0 Å². The van der Waals surface area contributed by atoms with Gasteiger partial charge in [0.25, 0.3) is 0 Å². The van der Waals surface area contributed by atoms with Crippen LogP contribution < -0.4 is 0 Å². The highest BCUT2D eigenvalue weighted by molar-refractivity contribution is 5.77. The van der Waals surface area contributed by atoms with E-state index in [4.69, 9.17) is 9.47 Å². The number of aromatic nitrogens is 2. The Morgan fingerprint density at radius 3 is 3.07 bits per heavy atom. The van der Waals surface area contributed by atoms with Crippen molar-refractivity contribution in [3.8, 4) is 0 Å². The Balaban J connectivity index is 1.13. The Labute approximate surface area is 162 Å². The summed E-state index contributed by atoms with van der Waals surface area (Å²) in [4.78, 5) is 24.4. The first-order chi connectivity index (χ1) is 13.7. The summed E-state index contributed by atoms with van der Waals surface area (Å²) in [5.41, 5.74) is 1.31. The minimum absolute atomic E-state index is 0.00430. The maximum absolute atomic E-state index is 13.3. The largest absolute Gasteiger partial charge is 0.378 e. The highest BCUT2D eigenvalue weighted by Gasteiger charge is 2.43. The van der Waals surface area contributed by atoms with Crippen molar-refractivity contribution in [3.63, 3.8) is 0 Å². The van der Waals surface area contributed by atoms with Crippen LogP contribution in [0.15, 0.2) is 18.2 Å². The number of fused-ring (bicyclic) bond motifs is 2. The van der Waals surface area contributed by atoms with Crippen LogP contribution in [0.1, 0.15) is 18.7 Å². The summed E-state index contributed by atoms with van der Waals surface area (Å²) >= 11 is 0. The Bertz CT molecular complexity index is 868. The predicted octanol–water partition coefficient (Wildman–Crippen LogP) is 1.54. The molecule has 1 N–H and O–H groups in total. The second-order valence-electron chi connectivity index (χ2n) is 8.01. The van der Waals surface area contributed by atoms with Crippen molar-refractivity contribution in [3.05, 3.63) is 29.8 Å². The zero-order valence-electron chi connectivity index (χ0n) is 15.8. The van der Waals surface area contributed by atoms with Gasteiger partial charge in [0.2, 0.25) is 5.91 Å². The number of carbonyl (C=O) groups excluding carboxylic acids is 1. The summed E-state index contributed by atoms with van der Waals surface area (Å²) in [5.74, 6) is 1.06. The molecule has 7 nitrogen and oxygen atoms in total. The number of carbonyl (C=O) groups is 1. The van der Waals surface area contributed by atoms with Crippen LogP contribution in [0.4, 0.5) is 4.39 Å². The van der Waals surface area contributed by atoms with Gasteiger partial charge in [0.15, 0.2) is 0 Å². The normalized spacial score (nSPS) is 25.8. The van der Waals surface area contributed by atoms with Gasteiger partial charge < -0.3 is 19.4 Å². The van der Waals surface area contributed by atoms with Crippen LogP contribution in [0.2, 0.25) is 0 Å². The topological polar surface area (TPSA) is 70.7 Å². The van der Waals surface area contributed by atoms with E-state index in [1.165, 1.54) is 25.0 Å². The summed E-state index contributed by atoms with van der Waals surface area (Å²) in [6.45, 7) is 4.10. The second kappa shape index (κ2) is 7.42. The van der Waals surface area contributed by atoms with Gasteiger partial charge in [-0.15, -0.1) is 0 Å². The lowest BCUT2D eigenvalue weighted by Crippen LogP contribution is -2.63. The molecular weight excluding hydrogens is 363 g/mol. The molecule has 8 heteroatoms. The number of ether oxygens (including phenoxy) is 2. The molecule has 2 aliphatic heterocycles. The van der Waals surface area contributed by atoms with E-state index in [-0.39, 0.29) is 24.9 Å². The third-order valence-electron chi connectivity index (χ3n) is 6.03. The fourth-order valence-corrected chi connectivity index (χ4v) is 4.42. The molecule has 3 aliphatic rings. The number of imidazole rings is 1. The molecular formula is C20H25FN4O3. The minimum Gasteiger partial charge on any atom is -0.378 e. The molecule has 1 aromatic carbocycles. The maximum Gasteiger partial charge on any atom is 0.248 e. The van der Waals surface area contributed by atoms with Gasteiger partial charge in [-0.05, 0) is 37.0 Å². The molecule has 3 heterocycles. The van der Waals surface area contributed by atoms with E-state index < -0.39 is 0 Å². The third kappa shape index (κ3) is 3.64. The van der Waals surface area contributed by atoms with Crippen molar-refractivity contribution in [2.75, 3.05) is 39.5 Å². The quantitative estimate of drug-likeness (QED) is 0.841. The highest BCUT2D eigenvalue weighted by atomic mass is 19.1. The van der Waals surface area contributed by atoms with Gasteiger partial charge in [-0.1, -0.05) is 0 Å². The van der Waals surface area contributed by atoms with Crippen LogP contribution in [-0.2, 0) is 20.9 Å². The first kappa shape index (κ1) is 18.0. The number of morpholine rings is 1. The van der Waals surface area contributed by atoms with Gasteiger partial charge in [0.1, 0.15) is 24.9 Å². The van der Waals surface area contributed by atoms with Crippen molar-refractivity contribution in [1.82, 2.24) is 19.8 Å². The van der Waals surface area contributed by atoms with Gasteiger partial charge in [-0.25, -0.2) is 9.37 Å². The number of hydrogen-bond donors (Lipinski definition) is 1. The average Bonchev–Trinajstić information content (AvgIpc) is 3.47. The van der Waals surface area contributed by atoms with E-state index in [1.807, 2.05) is 4.90 Å². The smallest absolute Gasteiger partial charge is 0.248 e. The molecule has 0 unspecified atom stereocenters. The molecule has 28 heavy (non-hydrogen) atoms. The molecule has 2 aromatic rings. The number of hydrogen-bond acceptors (Lipinski definition) is 5. The number of halogens is 1. The fourth-order valence-electron chi connectivity index (χ4n) is 4.42. The Morgan fingerprint density at radius 1 is 1.32 bits per heavy atom. The predicted molar refractivity (Wildman–Crippen MR) is 100 cm³/mol. The van der Waals surface area contributed by atoms with Crippen LogP contribution >= 0.6 is 0 Å². The lowest BCUT2D eigenvalue weighted by atomic mass is 10.0. The highest BCUT2D eigenvalue weighted by Crippen LogP contribution is 2.38. The van der Waals surface area contributed by atoms with Crippen molar-refractivity contribution in [2.45, 2.75) is 31.5 Å². The van der Waals surface area contributed by atoms with E-state index in [0.717, 1.165) is 25.6 Å². The van der Waals surface area contributed by atoms with Crippen LogP contribution in [0.25, 0.3) is 11.0 Å². The van der Waals surface area contributed by atoms with Crippen molar-refractivity contribution < 1.29 is 18.7 Å². The van der Waals surface area contributed by atoms with E-state index in [1.54, 1.807) is 6.07 Å². The summed E-state index contributed by atoms with van der Waals surface area (Å²) in [5, 5.41) is 0.